The van der Waals surface area contributed by atoms with Crippen LogP contribution in [0.3, 0.4) is 0 Å². The molecule has 1 aliphatic rings. The number of nitrogens with zero attached hydrogens (tertiary/aromatic N) is 1. The molecule has 1 aliphatic carbocycles. The number of fused-ring (bicyclic) bond motifs is 1. The van der Waals surface area contributed by atoms with Crippen molar-refractivity contribution in [1.82, 2.24) is 10.2 Å². The third-order valence-corrected chi connectivity index (χ3v) is 4.82. The molecule has 26 heavy (non-hydrogen) atoms. The third-order valence-electron chi connectivity index (χ3n) is 4.82. The molecule has 2 aromatic rings. The van der Waals surface area contributed by atoms with Gasteiger partial charge in [0.1, 0.15) is 0 Å². The van der Waals surface area contributed by atoms with Crippen molar-refractivity contribution in [2.45, 2.75) is 39.5 Å². The highest BCUT2D eigenvalue weighted by atomic mass is 16.1. The lowest BCUT2D eigenvalue weighted by atomic mass is 9.95. The summed E-state index contributed by atoms with van der Waals surface area (Å²) in [6.45, 7) is 5.23. The van der Waals surface area contributed by atoms with E-state index in [1.54, 1.807) is 0 Å². The number of hydrogen-bond donors (Lipinski definition) is 2. The Labute approximate surface area is 155 Å². The number of anilines is 1. The van der Waals surface area contributed by atoms with Crippen LogP contribution in [0, 0.1) is 29.6 Å². The van der Waals surface area contributed by atoms with Crippen LogP contribution in [0.4, 0.5) is 5.82 Å². The molecule has 4 heteroatoms. The molecule has 1 aromatic carbocycles. The largest absolute Gasteiger partial charge is 0.368 e. The zero-order chi connectivity index (χ0) is 18.4. The number of benzene rings is 1. The highest BCUT2D eigenvalue weighted by molar-refractivity contribution is 5.90. The molecule has 0 saturated carbocycles. The van der Waals surface area contributed by atoms with Gasteiger partial charge < -0.3 is 5.32 Å². The Kier molecular flexibility index (Phi) is 6.12. The molecule has 0 radical (unpaired) electrons. The Morgan fingerprint density at radius 3 is 2.92 bits per heavy atom. The zero-order valence-electron chi connectivity index (χ0n) is 15.6. The molecule has 2 unspecified atom stereocenters. The van der Waals surface area contributed by atoms with Crippen molar-refractivity contribution in [3.05, 3.63) is 46.8 Å². The Morgan fingerprint density at radius 1 is 1.31 bits per heavy atom. The van der Waals surface area contributed by atoms with E-state index in [0.29, 0.717) is 23.1 Å². The second-order valence-corrected chi connectivity index (χ2v) is 7.40. The number of aromatic amines is 1. The first kappa shape index (κ1) is 18.3. The first-order valence-electron chi connectivity index (χ1n) is 9.50. The minimum atomic E-state index is -0.149. The second kappa shape index (κ2) is 8.71. The van der Waals surface area contributed by atoms with Gasteiger partial charge in [-0.2, -0.15) is 5.10 Å². The number of hydrogen-bond acceptors (Lipinski definition) is 3. The predicted molar refractivity (Wildman–Crippen MR) is 108 cm³/mol. The fourth-order valence-electron chi connectivity index (χ4n) is 3.32. The fourth-order valence-corrected chi connectivity index (χ4v) is 3.32. The zero-order valence-corrected chi connectivity index (χ0v) is 15.6. The van der Waals surface area contributed by atoms with Crippen molar-refractivity contribution in [1.29, 1.82) is 0 Å². The number of allylic oxidation sites excluding steroid dienone is 2. The standard InChI is InChI=1S/C22H27N3O/c1-16(2)7-5-8-17-9-6-10-18(14-13-17)15-23-21-19-11-3-4-12-20(19)22(26)25-24-21/h3-5,7,11-12,16-18H,8,10,13-15H2,1-2H3,(H,23,24)(H,25,26)/b7-5+. The Balaban J connectivity index is 1.58. The van der Waals surface area contributed by atoms with Crippen LogP contribution in [-0.4, -0.2) is 16.7 Å². The second-order valence-electron chi connectivity index (χ2n) is 7.40. The van der Waals surface area contributed by atoms with E-state index in [1.165, 1.54) is 0 Å². The van der Waals surface area contributed by atoms with Crippen LogP contribution < -0.4 is 10.9 Å². The summed E-state index contributed by atoms with van der Waals surface area (Å²) in [7, 11) is 0. The molecule has 3 rings (SSSR count). The molecular formula is C22H27N3O. The summed E-state index contributed by atoms with van der Waals surface area (Å²) >= 11 is 0. The van der Waals surface area contributed by atoms with Crippen molar-refractivity contribution < 1.29 is 0 Å². The van der Waals surface area contributed by atoms with Gasteiger partial charge in [0.25, 0.3) is 5.56 Å². The molecule has 0 spiro atoms. The third kappa shape index (κ3) is 4.76. The van der Waals surface area contributed by atoms with Gasteiger partial charge in [-0.05, 0) is 37.2 Å². The molecule has 0 fully saturated rings. The van der Waals surface area contributed by atoms with Crippen LogP contribution in [0.15, 0.2) is 41.2 Å². The summed E-state index contributed by atoms with van der Waals surface area (Å²) in [6, 6.07) is 7.56. The molecule has 2 N–H and O–H groups in total. The van der Waals surface area contributed by atoms with Gasteiger partial charge in [-0.15, -0.1) is 5.92 Å². The molecule has 1 aromatic heterocycles. The van der Waals surface area contributed by atoms with E-state index >= 15 is 0 Å². The first-order chi connectivity index (χ1) is 12.6. The fraction of sp³-hybridized carbons (Fsp3) is 0.455. The van der Waals surface area contributed by atoms with Crippen molar-refractivity contribution in [2.24, 2.45) is 17.8 Å². The van der Waals surface area contributed by atoms with E-state index in [4.69, 9.17) is 0 Å². The molecule has 1 heterocycles. The maximum atomic E-state index is 11.9. The van der Waals surface area contributed by atoms with Gasteiger partial charge in [0, 0.05) is 24.3 Å². The molecule has 0 amide bonds. The number of aromatic nitrogens is 2. The van der Waals surface area contributed by atoms with Crippen LogP contribution in [-0.2, 0) is 0 Å². The molecule has 136 valence electrons. The Hall–Kier alpha value is -2.54. The topological polar surface area (TPSA) is 57.8 Å². The van der Waals surface area contributed by atoms with E-state index < -0.39 is 0 Å². The Bertz CT molecular complexity index is 885. The summed E-state index contributed by atoms with van der Waals surface area (Å²) in [5.74, 6) is 9.12. The van der Waals surface area contributed by atoms with Crippen molar-refractivity contribution in [2.75, 3.05) is 11.9 Å². The first-order valence-corrected chi connectivity index (χ1v) is 9.50. The van der Waals surface area contributed by atoms with E-state index in [0.717, 1.165) is 43.4 Å². The maximum absolute atomic E-state index is 11.9. The van der Waals surface area contributed by atoms with E-state index in [-0.39, 0.29) is 5.56 Å². The molecule has 0 saturated heterocycles. The van der Waals surface area contributed by atoms with Crippen LogP contribution in [0.5, 0.6) is 0 Å². The van der Waals surface area contributed by atoms with E-state index in [1.807, 2.05) is 24.3 Å². The average Bonchev–Trinajstić information content (AvgIpc) is 2.87. The average molecular weight is 349 g/mol. The van der Waals surface area contributed by atoms with Gasteiger partial charge in [-0.3, -0.25) is 4.79 Å². The summed E-state index contributed by atoms with van der Waals surface area (Å²) in [4.78, 5) is 11.9. The van der Waals surface area contributed by atoms with Crippen molar-refractivity contribution >= 4 is 16.6 Å². The maximum Gasteiger partial charge on any atom is 0.272 e. The number of rotatable bonds is 6. The molecular weight excluding hydrogens is 322 g/mol. The summed E-state index contributed by atoms with van der Waals surface area (Å²) < 4.78 is 0. The minimum Gasteiger partial charge on any atom is -0.368 e. The van der Waals surface area contributed by atoms with Crippen molar-refractivity contribution in [3.63, 3.8) is 0 Å². The minimum absolute atomic E-state index is 0.149. The van der Waals surface area contributed by atoms with Crippen LogP contribution in [0.25, 0.3) is 10.8 Å². The van der Waals surface area contributed by atoms with E-state index in [2.05, 4.69) is 53.4 Å². The summed E-state index contributed by atoms with van der Waals surface area (Å²) in [5.41, 5.74) is -0.149. The quantitative estimate of drug-likeness (QED) is 0.602. The number of H-pyrrole nitrogens is 1. The van der Waals surface area contributed by atoms with Gasteiger partial charge in [0.2, 0.25) is 0 Å². The van der Waals surface area contributed by atoms with Gasteiger partial charge >= 0.3 is 0 Å². The van der Waals surface area contributed by atoms with Gasteiger partial charge in [0.15, 0.2) is 5.82 Å². The van der Waals surface area contributed by atoms with Crippen LogP contribution in [0.2, 0.25) is 0 Å². The lowest BCUT2D eigenvalue weighted by Crippen LogP contribution is -2.17. The van der Waals surface area contributed by atoms with Crippen LogP contribution >= 0.6 is 0 Å². The normalized spacial score (nSPS) is 20.1. The van der Waals surface area contributed by atoms with E-state index in [9.17, 15) is 4.79 Å². The van der Waals surface area contributed by atoms with Gasteiger partial charge in [-0.1, -0.05) is 50.1 Å². The molecule has 0 aliphatic heterocycles. The smallest absolute Gasteiger partial charge is 0.272 e. The highest BCUT2D eigenvalue weighted by Gasteiger charge is 2.15. The van der Waals surface area contributed by atoms with Crippen LogP contribution in [0.1, 0.15) is 39.5 Å². The molecule has 4 nitrogen and oxygen atoms in total. The van der Waals surface area contributed by atoms with Gasteiger partial charge in [0.05, 0.1) is 5.39 Å². The summed E-state index contributed by atoms with van der Waals surface area (Å²) in [5, 5.41) is 11.7. The lowest BCUT2D eigenvalue weighted by Gasteiger charge is -2.16. The summed E-state index contributed by atoms with van der Waals surface area (Å²) in [6.07, 6.45) is 8.80. The van der Waals surface area contributed by atoms with Crippen molar-refractivity contribution in [3.8, 4) is 11.8 Å². The SMILES string of the molecule is CC(C)/C=C/CC1C#CCC(CNc2n[nH]c(=O)c3ccccc23)CC1. The molecule has 0 bridgehead atoms. The van der Waals surface area contributed by atoms with Gasteiger partial charge in [-0.25, -0.2) is 5.10 Å². The monoisotopic (exact) mass is 349 g/mol. The highest BCUT2D eigenvalue weighted by Crippen LogP contribution is 2.23. The predicted octanol–water partition coefficient (Wildman–Crippen LogP) is 4.36. The Morgan fingerprint density at radius 2 is 2.12 bits per heavy atom. The number of nitrogens with one attached hydrogen (secondary N) is 2. The molecule has 2 atom stereocenters. The lowest BCUT2D eigenvalue weighted by molar-refractivity contribution is 0.467.